The number of nitrogens with one attached hydrogen (secondary N) is 1. The Balaban J connectivity index is 2.64. The van der Waals surface area contributed by atoms with Gasteiger partial charge in [0.15, 0.2) is 0 Å². The predicted octanol–water partition coefficient (Wildman–Crippen LogP) is 3.21. The van der Waals surface area contributed by atoms with E-state index in [-0.39, 0.29) is 11.9 Å². The number of ether oxygens (including phenoxy) is 1. The Morgan fingerprint density at radius 3 is 2.27 bits per heavy atom. The van der Waals surface area contributed by atoms with Crippen molar-refractivity contribution in [3.8, 4) is 5.75 Å². The fourth-order valence-corrected chi connectivity index (χ4v) is 2.48. The highest BCUT2D eigenvalue weighted by atomic mass is 35.5. The molecule has 0 heterocycles. The normalized spacial score (nSPS) is 13.7. The van der Waals surface area contributed by atoms with E-state index in [1.165, 1.54) is 0 Å². The van der Waals surface area contributed by atoms with Crippen LogP contribution in [-0.2, 0) is 4.79 Å². The Morgan fingerprint density at radius 1 is 1.23 bits per heavy atom. The Bertz CT molecular complexity index is 446. The molecule has 0 aliphatic heterocycles. The maximum atomic E-state index is 12.3. The molecule has 1 N–H and O–H groups in total. The van der Waals surface area contributed by atoms with Crippen molar-refractivity contribution >= 4 is 17.5 Å². The van der Waals surface area contributed by atoms with E-state index in [1.54, 1.807) is 7.11 Å². The first-order chi connectivity index (χ1) is 10.5. The zero-order chi connectivity index (χ0) is 16.5. The molecule has 4 nitrogen and oxygen atoms in total. The number of halogens is 1. The number of benzene rings is 1. The number of amides is 1. The lowest BCUT2D eigenvalue weighted by Gasteiger charge is -2.26. The van der Waals surface area contributed by atoms with Crippen molar-refractivity contribution in [2.24, 2.45) is 0 Å². The minimum absolute atomic E-state index is 0.117. The van der Waals surface area contributed by atoms with Gasteiger partial charge in [-0.05, 0) is 37.2 Å². The molecule has 0 spiro atoms. The van der Waals surface area contributed by atoms with E-state index in [1.807, 2.05) is 24.3 Å². The molecular weight excluding hydrogens is 300 g/mol. The van der Waals surface area contributed by atoms with Crippen LogP contribution >= 0.6 is 11.6 Å². The highest BCUT2D eigenvalue weighted by Gasteiger charge is 2.21. The summed E-state index contributed by atoms with van der Waals surface area (Å²) in [6, 6.07) is 7.38. The van der Waals surface area contributed by atoms with Crippen LogP contribution in [0.15, 0.2) is 24.3 Å². The summed E-state index contributed by atoms with van der Waals surface area (Å²) < 4.78 is 5.11. The molecular formula is C17H27ClN2O2. The molecule has 5 heteroatoms. The average Bonchev–Trinajstić information content (AvgIpc) is 2.57. The first-order valence-electron chi connectivity index (χ1n) is 7.86. The largest absolute Gasteiger partial charge is 0.497 e. The van der Waals surface area contributed by atoms with Crippen molar-refractivity contribution in [1.82, 2.24) is 10.2 Å². The van der Waals surface area contributed by atoms with Gasteiger partial charge in [0, 0.05) is 12.6 Å². The fourth-order valence-electron chi connectivity index (χ4n) is 2.27. The third-order valence-electron chi connectivity index (χ3n) is 3.85. The highest BCUT2D eigenvalue weighted by molar-refractivity contribution is 6.30. The Kier molecular flexibility index (Phi) is 8.28. The Labute approximate surface area is 138 Å². The van der Waals surface area contributed by atoms with Crippen LogP contribution in [0.1, 0.15) is 38.1 Å². The lowest BCUT2D eigenvalue weighted by Crippen LogP contribution is -2.44. The summed E-state index contributed by atoms with van der Waals surface area (Å²) in [4.78, 5) is 14.6. The zero-order valence-electron chi connectivity index (χ0n) is 13.9. The molecule has 0 saturated heterocycles. The molecule has 124 valence electrons. The van der Waals surface area contributed by atoms with Crippen molar-refractivity contribution in [2.45, 2.75) is 38.6 Å². The van der Waals surface area contributed by atoms with E-state index in [0.717, 1.165) is 37.4 Å². The SMILES string of the molecule is CCC(CN(CC)CC)NC(=O)C(Cl)c1ccc(OC)cc1. The topological polar surface area (TPSA) is 41.6 Å². The van der Waals surface area contributed by atoms with E-state index in [9.17, 15) is 4.79 Å². The van der Waals surface area contributed by atoms with E-state index in [2.05, 4.69) is 31.0 Å². The standard InChI is InChI=1S/C17H27ClN2O2/c1-5-14(12-20(6-2)7-3)19-17(21)16(18)13-8-10-15(22-4)11-9-13/h8-11,14,16H,5-7,12H2,1-4H3,(H,19,21). The summed E-state index contributed by atoms with van der Waals surface area (Å²) >= 11 is 6.29. The van der Waals surface area contributed by atoms with Gasteiger partial charge in [-0.2, -0.15) is 0 Å². The highest BCUT2D eigenvalue weighted by Crippen LogP contribution is 2.23. The monoisotopic (exact) mass is 326 g/mol. The van der Waals surface area contributed by atoms with Crippen molar-refractivity contribution in [1.29, 1.82) is 0 Å². The molecule has 0 aromatic heterocycles. The Morgan fingerprint density at radius 2 is 1.82 bits per heavy atom. The zero-order valence-corrected chi connectivity index (χ0v) is 14.7. The molecule has 1 amide bonds. The number of alkyl halides is 1. The van der Waals surface area contributed by atoms with Crippen molar-refractivity contribution in [2.75, 3.05) is 26.7 Å². The molecule has 1 aromatic rings. The lowest BCUT2D eigenvalue weighted by atomic mass is 10.1. The van der Waals surface area contributed by atoms with E-state index in [0.29, 0.717) is 0 Å². The molecule has 0 saturated carbocycles. The van der Waals surface area contributed by atoms with Gasteiger partial charge >= 0.3 is 0 Å². The van der Waals surface area contributed by atoms with Crippen LogP contribution in [-0.4, -0.2) is 43.6 Å². The third-order valence-corrected chi connectivity index (χ3v) is 4.30. The number of hydrogen-bond donors (Lipinski definition) is 1. The van der Waals surface area contributed by atoms with Gasteiger partial charge in [0.05, 0.1) is 7.11 Å². The number of carbonyl (C=O) groups excluding carboxylic acids is 1. The molecule has 0 aliphatic rings. The molecule has 1 rings (SSSR count). The second-order valence-electron chi connectivity index (χ2n) is 5.24. The average molecular weight is 327 g/mol. The lowest BCUT2D eigenvalue weighted by molar-refractivity contribution is -0.121. The Hall–Kier alpha value is -1.26. The number of likely N-dealkylation sites (N-methyl/N-ethyl adjacent to an activating group) is 1. The van der Waals surface area contributed by atoms with E-state index < -0.39 is 5.38 Å². The fraction of sp³-hybridized carbons (Fsp3) is 0.588. The van der Waals surface area contributed by atoms with Crippen molar-refractivity contribution in [3.63, 3.8) is 0 Å². The van der Waals surface area contributed by atoms with E-state index in [4.69, 9.17) is 16.3 Å². The first kappa shape index (κ1) is 18.8. The number of rotatable bonds is 9. The molecule has 2 unspecified atom stereocenters. The van der Waals surface area contributed by atoms with Crippen molar-refractivity contribution in [3.05, 3.63) is 29.8 Å². The minimum atomic E-state index is -0.684. The summed E-state index contributed by atoms with van der Waals surface area (Å²) in [5.41, 5.74) is 0.776. The van der Waals surface area contributed by atoms with Gasteiger partial charge in [0.25, 0.3) is 0 Å². The van der Waals surface area contributed by atoms with Gasteiger partial charge in [-0.25, -0.2) is 0 Å². The van der Waals surface area contributed by atoms with Gasteiger partial charge in [-0.15, -0.1) is 11.6 Å². The van der Waals surface area contributed by atoms with Crippen LogP contribution in [0.5, 0.6) is 5.75 Å². The van der Waals surface area contributed by atoms with Crippen LogP contribution in [0.4, 0.5) is 0 Å². The van der Waals surface area contributed by atoms with Gasteiger partial charge in [0.2, 0.25) is 5.91 Å². The van der Waals surface area contributed by atoms with Crippen LogP contribution in [0.2, 0.25) is 0 Å². The minimum Gasteiger partial charge on any atom is -0.497 e. The predicted molar refractivity (Wildman–Crippen MR) is 91.6 cm³/mol. The van der Waals surface area contributed by atoms with Crippen molar-refractivity contribution < 1.29 is 9.53 Å². The van der Waals surface area contributed by atoms with Gasteiger partial charge in [-0.3, -0.25) is 4.79 Å². The number of methoxy groups -OCH3 is 1. The second kappa shape index (κ2) is 9.70. The molecule has 22 heavy (non-hydrogen) atoms. The molecule has 2 atom stereocenters. The summed E-state index contributed by atoms with van der Waals surface area (Å²) in [6.07, 6.45) is 0.883. The second-order valence-corrected chi connectivity index (χ2v) is 5.67. The molecule has 0 aliphatic carbocycles. The van der Waals surface area contributed by atoms with Crippen LogP contribution in [0.3, 0.4) is 0 Å². The maximum absolute atomic E-state index is 12.3. The van der Waals surface area contributed by atoms with Gasteiger partial charge < -0.3 is 15.0 Å². The summed E-state index contributed by atoms with van der Waals surface area (Å²) in [5, 5.41) is 2.37. The maximum Gasteiger partial charge on any atom is 0.242 e. The van der Waals surface area contributed by atoms with E-state index >= 15 is 0 Å². The molecule has 0 radical (unpaired) electrons. The number of hydrogen-bond acceptors (Lipinski definition) is 3. The van der Waals surface area contributed by atoms with Crippen LogP contribution in [0.25, 0.3) is 0 Å². The number of nitrogens with zero attached hydrogens (tertiary/aromatic N) is 1. The van der Waals surface area contributed by atoms with Gasteiger partial charge in [-0.1, -0.05) is 32.9 Å². The third kappa shape index (κ3) is 5.50. The van der Waals surface area contributed by atoms with Crippen LogP contribution < -0.4 is 10.1 Å². The summed E-state index contributed by atoms with van der Waals surface area (Å²) in [7, 11) is 1.61. The molecule has 1 aromatic carbocycles. The number of carbonyl (C=O) groups is 1. The summed E-state index contributed by atoms with van der Waals surface area (Å²) in [5.74, 6) is 0.604. The summed E-state index contributed by atoms with van der Waals surface area (Å²) in [6.45, 7) is 9.13. The quantitative estimate of drug-likeness (QED) is 0.708. The van der Waals surface area contributed by atoms with Crippen LogP contribution in [0, 0.1) is 0 Å². The molecule has 0 fully saturated rings. The van der Waals surface area contributed by atoms with Gasteiger partial charge in [0.1, 0.15) is 11.1 Å². The first-order valence-corrected chi connectivity index (χ1v) is 8.30. The molecule has 0 bridgehead atoms. The smallest absolute Gasteiger partial charge is 0.242 e.